The van der Waals surface area contributed by atoms with Crippen molar-refractivity contribution >= 4 is 22.2 Å². The highest BCUT2D eigenvalue weighted by molar-refractivity contribution is 7.62. The Kier molecular flexibility index (Phi) is 5.72. The lowest BCUT2D eigenvalue weighted by Gasteiger charge is -1.83. The van der Waals surface area contributed by atoms with Crippen LogP contribution in [0, 0.1) is 0 Å². The van der Waals surface area contributed by atoms with E-state index in [1.807, 2.05) is 30.3 Å². The molecule has 7 heteroatoms. The van der Waals surface area contributed by atoms with E-state index in [4.69, 9.17) is 5.73 Å². The van der Waals surface area contributed by atoms with Crippen LogP contribution < -0.4 is 11.5 Å². The Morgan fingerprint density at radius 2 is 1.71 bits per heavy atom. The normalized spacial score (nSPS) is 8.00. The Balaban J connectivity index is 0.000000241. The summed E-state index contributed by atoms with van der Waals surface area (Å²) in [4.78, 5) is 9.47. The van der Waals surface area contributed by atoms with E-state index in [1.165, 1.54) is 0 Å². The average Bonchev–Trinajstić information content (AvgIpc) is 2.03. The number of urea groups is 1. The minimum Gasteiger partial charge on any atom is -0.399 e. The number of nitrogens with zero attached hydrogens (tertiary/aromatic N) is 1. The first kappa shape index (κ1) is 12.1. The molecule has 0 saturated carbocycles. The largest absolute Gasteiger partial charge is 0.399 e. The second kappa shape index (κ2) is 6.61. The number of anilines is 1. The average molecular weight is 215 g/mol. The quantitative estimate of drug-likeness (QED) is 0.609. The van der Waals surface area contributed by atoms with Crippen molar-refractivity contribution in [2.45, 2.75) is 0 Å². The van der Waals surface area contributed by atoms with Crippen molar-refractivity contribution in [3.8, 4) is 0 Å². The zero-order valence-corrected chi connectivity index (χ0v) is 7.94. The van der Waals surface area contributed by atoms with Gasteiger partial charge in [-0.2, -0.15) is 8.42 Å². The summed E-state index contributed by atoms with van der Waals surface area (Å²) in [5.74, 6) is 0. The van der Waals surface area contributed by atoms with Crippen LogP contribution in [0.25, 0.3) is 0 Å². The topological polar surface area (TPSA) is 116 Å². The monoisotopic (exact) mass is 215 g/mol. The molecule has 76 valence electrons. The number of nitrogen functional groups attached to an aromatic ring is 1. The Bertz CT molecular complexity index is 405. The summed E-state index contributed by atoms with van der Waals surface area (Å²) in [6, 6.07) is 8.29. The van der Waals surface area contributed by atoms with E-state index in [0.29, 0.717) is 0 Å². The van der Waals surface area contributed by atoms with Gasteiger partial charge >= 0.3 is 16.5 Å². The number of hydrogen-bond donors (Lipinski definition) is 2. The lowest BCUT2D eigenvalue weighted by molar-refractivity contribution is 0.257. The molecule has 0 aliphatic heterocycles. The highest BCUT2D eigenvalue weighted by Crippen LogP contribution is 1.95. The first-order valence-electron chi connectivity index (χ1n) is 3.43. The molecular formula is C7H9N3O3S. The molecule has 2 amide bonds. The van der Waals surface area contributed by atoms with Gasteiger partial charge in [-0.15, -0.1) is 0 Å². The molecule has 0 heterocycles. The summed E-state index contributed by atoms with van der Waals surface area (Å²) in [7, 11) is -2.70. The van der Waals surface area contributed by atoms with Gasteiger partial charge in [-0.1, -0.05) is 22.6 Å². The van der Waals surface area contributed by atoms with Crippen molar-refractivity contribution in [3.63, 3.8) is 0 Å². The van der Waals surface area contributed by atoms with Crippen LogP contribution in [0.2, 0.25) is 0 Å². The fourth-order valence-corrected chi connectivity index (χ4v) is 0.673. The molecule has 4 N–H and O–H groups in total. The third-order valence-corrected chi connectivity index (χ3v) is 1.29. The number of carbonyl (C=O) groups is 1. The second-order valence-electron chi connectivity index (χ2n) is 2.06. The summed E-state index contributed by atoms with van der Waals surface area (Å²) in [6.07, 6.45) is 0. The molecule has 1 aromatic rings. The molecule has 0 aliphatic rings. The van der Waals surface area contributed by atoms with Crippen LogP contribution in [0.3, 0.4) is 0 Å². The molecule has 0 radical (unpaired) electrons. The third-order valence-electron chi connectivity index (χ3n) is 0.964. The number of primary amides is 1. The second-order valence-corrected chi connectivity index (χ2v) is 2.67. The van der Waals surface area contributed by atoms with E-state index in [2.05, 4.69) is 10.1 Å². The number of para-hydroxylation sites is 1. The zero-order chi connectivity index (χ0) is 11.0. The van der Waals surface area contributed by atoms with E-state index < -0.39 is 16.5 Å². The van der Waals surface area contributed by atoms with Gasteiger partial charge in [0.05, 0.1) is 0 Å². The van der Waals surface area contributed by atoms with Crippen molar-refractivity contribution in [1.82, 2.24) is 0 Å². The summed E-state index contributed by atoms with van der Waals surface area (Å²) in [5, 5.41) is 0. The summed E-state index contributed by atoms with van der Waals surface area (Å²) >= 11 is 0. The molecule has 6 nitrogen and oxygen atoms in total. The van der Waals surface area contributed by atoms with E-state index in [9.17, 15) is 13.2 Å². The van der Waals surface area contributed by atoms with Crippen LogP contribution in [0.4, 0.5) is 10.5 Å². The third kappa shape index (κ3) is 8.21. The van der Waals surface area contributed by atoms with Crippen LogP contribution in [0.1, 0.15) is 0 Å². The van der Waals surface area contributed by atoms with Gasteiger partial charge in [-0.05, 0) is 12.1 Å². The molecule has 0 aliphatic carbocycles. The minimum absolute atomic E-state index is 0.822. The first-order valence-corrected chi connectivity index (χ1v) is 4.46. The molecule has 0 atom stereocenters. The van der Waals surface area contributed by atoms with E-state index in [-0.39, 0.29) is 0 Å². The van der Waals surface area contributed by atoms with Crippen molar-refractivity contribution in [2.24, 2.45) is 10.1 Å². The number of benzene rings is 1. The number of carbonyl (C=O) groups excluding carboxylic acids is 1. The fourth-order valence-electron chi connectivity index (χ4n) is 0.527. The van der Waals surface area contributed by atoms with Crippen LogP contribution in [-0.4, -0.2) is 14.4 Å². The maximum atomic E-state index is 9.47. The molecule has 0 spiro atoms. The smallest absolute Gasteiger partial charge is 0.353 e. The molecular weight excluding hydrogens is 206 g/mol. The standard InChI is InChI=1S/C6H7N.CH2N2O3S/c7-6-4-2-1-3-5-6;2-1(4)3-7(5)6/h1-5H,7H2;(H2,2,4). The maximum Gasteiger partial charge on any atom is 0.353 e. The highest BCUT2D eigenvalue weighted by atomic mass is 32.2. The molecule has 0 saturated heterocycles. The molecule has 0 fully saturated rings. The predicted molar refractivity (Wildman–Crippen MR) is 51.8 cm³/mol. The lowest BCUT2D eigenvalue weighted by atomic mass is 10.3. The number of hydrogen-bond acceptors (Lipinski definition) is 4. The van der Waals surface area contributed by atoms with E-state index >= 15 is 0 Å². The van der Waals surface area contributed by atoms with Crippen LogP contribution in [0.15, 0.2) is 34.7 Å². The molecule has 14 heavy (non-hydrogen) atoms. The summed E-state index contributed by atoms with van der Waals surface area (Å²) < 4.78 is 21.0. The molecule has 0 unspecified atom stereocenters. The summed E-state index contributed by atoms with van der Waals surface area (Å²) in [5.41, 5.74) is 10.5. The SMILES string of the molecule is NC(=O)N=S(=O)=O.Nc1ccccc1. The van der Waals surface area contributed by atoms with Gasteiger partial charge in [-0.25, -0.2) is 4.79 Å². The summed E-state index contributed by atoms with van der Waals surface area (Å²) in [6.45, 7) is 0. The van der Waals surface area contributed by atoms with Gasteiger partial charge in [0.25, 0.3) is 0 Å². The van der Waals surface area contributed by atoms with E-state index in [1.54, 1.807) is 0 Å². The fraction of sp³-hybridized carbons (Fsp3) is 0. The van der Waals surface area contributed by atoms with Crippen molar-refractivity contribution in [1.29, 1.82) is 0 Å². The first-order chi connectivity index (χ1) is 6.52. The minimum atomic E-state index is -2.70. The van der Waals surface area contributed by atoms with Crippen molar-refractivity contribution in [3.05, 3.63) is 30.3 Å². The van der Waals surface area contributed by atoms with Crippen LogP contribution in [-0.2, 0) is 10.5 Å². The molecule has 1 aromatic carbocycles. The van der Waals surface area contributed by atoms with Gasteiger partial charge in [-0.3, -0.25) is 0 Å². The zero-order valence-electron chi connectivity index (χ0n) is 7.12. The van der Waals surface area contributed by atoms with E-state index in [0.717, 1.165) is 5.69 Å². The highest BCUT2D eigenvalue weighted by Gasteiger charge is 1.80. The van der Waals surface area contributed by atoms with Gasteiger partial charge in [0.1, 0.15) is 0 Å². The number of nitrogens with two attached hydrogens (primary N) is 2. The van der Waals surface area contributed by atoms with Crippen LogP contribution >= 0.6 is 0 Å². The lowest BCUT2D eigenvalue weighted by Crippen LogP contribution is -2.02. The predicted octanol–water partition coefficient (Wildman–Crippen LogP) is 0.397. The number of amides is 2. The maximum absolute atomic E-state index is 9.47. The molecule has 1 rings (SSSR count). The van der Waals surface area contributed by atoms with Crippen molar-refractivity contribution in [2.75, 3.05) is 5.73 Å². The Morgan fingerprint density at radius 3 is 1.86 bits per heavy atom. The molecule has 0 aromatic heterocycles. The van der Waals surface area contributed by atoms with Crippen molar-refractivity contribution < 1.29 is 13.2 Å². The van der Waals surface area contributed by atoms with Gasteiger partial charge in [0.15, 0.2) is 0 Å². The van der Waals surface area contributed by atoms with Gasteiger partial charge in [0.2, 0.25) is 0 Å². The molecule has 0 bridgehead atoms. The van der Waals surface area contributed by atoms with Gasteiger partial charge in [0, 0.05) is 5.69 Å². The Morgan fingerprint density at radius 1 is 1.21 bits per heavy atom. The Labute approximate surface area is 82.2 Å². The Hall–Kier alpha value is -1.89. The number of rotatable bonds is 0. The van der Waals surface area contributed by atoms with Crippen LogP contribution in [0.5, 0.6) is 0 Å². The van der Waals surface area contributed by atoms with Gasteiger partial charge < -0.3 is 11.5 Å².